The first-order chi connectivity index (χ1) is 12.5. The third-order valence-electron chi connectivity index (χ3n) is 3.88. The summed E-state index contributed by atoms with van der Waals surface area (Å²) in [5.41, 5.74) is 2.41. The Balaban J connectivity index is 1.89. The summed E-state index contributed by atoms with van der Waals surface area (Å²) in [5, 5.41) is 6.30. The minimum Gasteiger partial charge on any atom is -0.355 e. The van der Waals surface area contributed by atoms with E-state index in [1.165, 1.54) is 16.0 Å². The normalized spacial score (nSPS) is 12.0. The van der Waals surface area contributed by atoms with E-state index in [4.69, 9.17) is 0 Å². The van der Waals surface area contributed by atoms with Gasteiger partial charge in [0.2, 0.25) is 0 Å². The fourth-order valence-electron chi connectivity index (χ4n) is 2.45. The van der Waals surface area contributed by atoms with E-state index in [2.05, 4.69) is 47.0 Å². The second-order valence-corrected chi connectivity index (χ2v) is 8.76. The lowest BCUT2D eigenvalue weighted by atomic mass is 10.1. The summed E-state index contributed by atoms with van der Waals surface area (Å²) in [6.45, 7) is 2.99. The van der Waals surface area contributed by atoms with Crippen molar-refractivity contribution in [2.24, 2.45) is 4.99 Å². The third kappa shape index (κ3) is 5.78. The van der Waals surface area contributed by atoms with E-state index in [1.54, 1.807) is 49.1 Å². The van der Waals surface area contributed by atoms with Gasteiger partial charge in [0, 0.05) is 25.0 Å². The molecule has 0 unspecified atom stereocenters. The van der Waals surface area contributed by atoms with Crippen molar-refractivity contribution in [2.45, 2.75) is 23.3 Å². The molecule has 0 bridgehead atoms. The monoisotopic (exact) mass is 391 g/mol. The Kier molecular flexibility index (Phi) is 7.53. The summed E-state index contributed by atoms with van der Waals surface area (Å²) >= 11 is 1.71. The van der Waals surface area contributed by atoms with Gasteiger partial charge in [-0.2, -0.15) is 0 Å². The van der Waals surface area contributed by atoms with Gasteiger partial charge in [-0.1, -0.05) is 30.3 Å². The third-order valence-corrected chi connectivity index (χ3v) is 6.43. The minimum absolute atomic E-state index is 0.0122. The average molecular weight is 392 g/mol. The van der Waals surface area contributed by atoms with Crippen molar-refractivity contribution in [1.29, 1.82) is 0 Å². The molecule has 2 rings (SSSR count). The second kappa shape index (κ2) is 9.64. The van der Waals surface area contributed by atoms with Crippen LogP contribution in [0.5, 0.6) is 0 Å². The highest BCUT2D eigenvalue weighted by atomic mass is 32.2. The van der Waals surface area contributed by atoms with E-state index in [0.29, 0.717) is 23.9 Å². The van der Waals surface area contributed by atoms with Crippen molar-refractivity contribution in [1.82, 2.24) is 10.6 Å². The zero-order valence-corrected chi connectivity index (χ0v) is 17.0. The molecule has 0 fully saturated rings. The quantitative estimate of drug-likeness (QED) is 0.431. The fourth-order valence-corrected chi connectivity index (χ4v) is 4.33. The Hall–Kier alpha value is -1.99. The lowest BCUT2D eigenvalue weighted by Gasteiger charge is -2.14. The van der Waals surface area contributed by atoms with Crippen LogP contribution in [0.2, 0.25) is 0 Å². The van der Waals surface area contributed by atoms with Crippen LogP contribution in [0.3, 0.4) is 0 Å². The number of hydrogen-bond donors (Lipinski definition) is 2. The average Bonchev–Trinajstić information content (AvgIpc) is 2.65. The highest BCUT2D eigenvalue weighted by molar-refractivity contribution is 7.98. The van der Waals surface area contributed by atoms with E-state index in [0.717, 1.165) is 0 Å². The van der Waals surface area contributed by atoms with Gasteiger partial charge in [0.1, 0.15) is 0 Å². The van der Waals surface area contributed by atoms with Gasteiger partial charge in [0.25, 0.3) is 0 Å². The van der Waals surface area contributed by atoms with Gasteiger partial charge in [0.15, 0.2) is 15.8 Å². The van der Waals surface area contributed by atoms with E-state index >= 15 is 0 Å². The smallest absolute Gasteiger partial charge is 0.191 e. The van der Waals surface area contributed by atoms with Crippen molar-refractivity contribution >= 4 is 27.6 Å². The molecule has 0 amide bonds. The number of nitrogens with zero attached hydrogens (tertiary/aromatic N) is 1. The Morgan fingerprint density at radius 3 is 2.50 bits per heavy atom. The molecule has 0 spiro atoms. The molecule has 26 heavy (non-hydrogen) atoms. The highest BCUT2D eigenvalue weighted by Gasteiger charge is 2.13. The van der Waals surface area contributed by atoms with Gasteiger partial charge in [0.05, 0.1) is 10.6 Å². The first-order valence-electron chi connectivity index (χ1n) is 8.32. The maximum atomic E-state index is 12.3. The van der Waals surface area contributed by atoms with Crippen LogP contribution in [-0.4, -0.2) is 40.0 Å². The Morgan fingerprint density at radius 1 is 1.12 bits per heavy atom. The zero-order valence-electron chi connectivity index (χ0n) is 15.3. The maximum Gasteiger partial charge on any atom is 0.191 e. The Bertz CT molecular complexity index is 850. The highest BCUT2D eigenvalue weighted by Crippen LogP contribution is 2.21. The number of thioether (sulfide) groups is 1. The van der Waals surface area contributed by atoms with E-state index in [9.17, 15) is 8.42 Å². The largest absolute Gasteiger partial charge is 0.355 e. The molecule has 0 saturated carbocycles. The van der Waals surface area contributed by atoms with E-state index in [-0.39, 0.29) is 5.75 Å². The second-order valence-electron chi connectivity index (χ2n) is 5.80. The SMILES string of the molecule is CN=C(NCCS(=O)(=O)c1ccccc1)NCc1ccc(C)cc1SC. The van der Waals surface area contributed by atoms with Gasteiger partial charge < -0.3 is 10.6 Å². The van der Waals surface area contributed by atoms with Crippen molar-refractivity contribution < 1.29 is 8.42 Å². The summed E-state index contributed by atoms with van der Waals surface area (Å²) < 4.78 is 24.6. The topological polar surface area (TPSA) is 70.6 Å². The summed E-state index contributed by atoms with van der Waals surface area (Å²) in [7, 11) is -1.62. The Morgan fingerprint density at radius 2 is 1.85 bits per heavy atom. The molecular formula is C19H25N3O2S2. The molecule has 5 nitrogen and oxygen atoms in total. The summed E-state index contributed by atoms with van der Waals surface area (Å²) in [6.07, 6.45) is 2.06. The van der Waals surface area contributed by atoms with Gasteiger partial charge in [-0.25, -0.2) is 8.42 Å². The van der Waals surface area contributed by atoms with Crippen LogP contribution >= 0.6 is 11.8 Å². The molecule has 0 radical (unpaired) electrons. The van der Waals surface area contributed by atoms with Crippen LogP contribution < -0.4 is 10.6 Å². The predicted octanol–water partition coefficient (Wildman–Crippen LogP) is 2.86. The molecule has 140 valence electrons. The van der Waals surface area contributed by atoms with Crippen LogP contribution in [0.1, 0.15) is 11.1 Å². The number of nitrogens with one attached hydrogen (secondary N) is 2. The number of hydrogen-bond acceptors (Lipinski definition) is 4. The lowest BCUT2D eigenvalue weighted by Crippen LogP contribution is -2.39. The van der Waals surface area contributed by atoms with Gasteiger partial charge in [-0.3, -0.25) is 4.99 Å². The van der Waals surface area contributed by atoms with Crippen molar-refractivity contribution in [3.63, 3.8) is 0 Å². The molecule has 0 aliphatic rings. The minimum atomic E-state index is -3.30. The first-order valence-corrected chi connectivity index (χ1v) is 11.2. The zero-order chi connectivity index (χ0) is 19.0. The molecule has 0 heterocycles. The fraction of sp³-hybridized carbons (Fsp3) is 0.316. The van der Waals surface area contributed by atoms with Crippen molar-refractivity contribution in [3.05, 3.63) is 59.7 Å². The number of aryl methyl sites for hydroxylation is 1. The standard InChI is InChI=1S/C19H25N3O2S2/c1-15-9-10-16(18(13-15)25-3)14-22-19(20-2)21-11-12-26(23,24)17-7-5-4-6-8-17/h4-10,13H,11-12,14H2,1-3H3,(H2,20,21,22). The van der Waals surface area contributed by atoms with Crippen LogP contribution in [0, 0.1) is 6.92 Å². The van der Waals surface area contributed by atoms with Crippen LogP contribution in [0.15, 0.2) is 63.3 Å². The van der Waals surface area contributed by atoms with Gasteiger partial charge in [-0.15, -0.1) is 11.8 Å². The number of rotatable bonds is 7. The van der Waals surface area contributed by atoms with Crippen LogP contribution in [-0.2, 0) is 16.4 Å². The van der Waals surface area contributed by atoms with Gasteiger partial charge >= 0.3 is 0 Å². The van der Waals surface area contributed by atoms with Crippen LogP contribution in [0.25, 0.3) is 0 Å². The summed E-state index contributed by atoms with van der Waals surface area (Å²) in [5.74, 6) is 0.596. The van der Waals surface area contributed by atoms with Crippen molar-refractivity contribution in [3.8, 4) is 0 Å². The number of benzene rings is 2. The summed E-state index contributed by atoms with van der Waals surface area (Å²) in [6, 6.07) is 14.8. The predicted molar refractivity (Wildman–Crippen MR) is 110 cm³/mol. The summed E-state index contributed by atoms with van der Waals surface area (Å²) in [4.78, 5) is 5.72. The number of guanidine groups is 1. The Labute approximate surface area is 160 Å². The molecule has 2 N–H and O–H groups in total. The maximum absolute atomic E-state index is 12.3. The molecular weight excluding hydrogens is 366 g/mol. The van der Waals surface area contributed by atoms with Gasteiger partial charge in [-0.05, 0) is 42.5 Å². The molecule has 2 aromatic rings. The first kappa shape index (κ1) is 20.3. The molecule has 0 atom stereocenters. The molecule has 7 heteroatoms. The molecule has 0 saturated heterocycles. The lowest BCUT2D eigenvalue weighted by molar-refractivity contribution is 0.594. The molecule has 0 aliphatic heterocycles. The van der Waals surface area contributed by atoms with Crippen molar-refractivity contribution in [2.75, 3.05) is 25.6 Å². The molecule has 0 aliphatic carbocycles. The van der Waals surface area contributed by atoms with Crippen LogP contribution in [0.4, 0.5) is 0 Å². The molecule has 2 aromatic carbocycles. The van der Waals surface area contributed by atoms with E-state index < -0.39 is 9.84 Å². The van der Waals surface area contributed by atoms with E-state index in [1.807, 2.05) is 0 Å². The number of sulfone groups is 1. The molecule has 0 aromatic heterocycles. The number of aliphatic imine (C=N–C) groups is 1.